The number of imide groups is 1. The van der Waals surface area contributed by atoms with Crippen molar-refractivity contribution in [3.05, 3.63) is 93.8 Å². The molecule has 3 aliphatic heterocycles. The van der Waals surface area contributed by atoms with Gasteiger partial charge in [-0.1, -0.05) is 48.5 Å². The molecule has 3 aliphatic rings. The monoisotopic (exact) mass is 454 g/mol. The highest BCUT2D eigenvalue weighted by Gasteiger charge is 2.56. The van der Waals surface area contributed by atoms with Gasteiger partial charge in [-0.05, 0) is 17.7 Å². The first-order chi connectivity index (χ1) is 16.5. The quantitative estimate of drug-likeness (QED) is 0.340. The molecular weight excluding hydrogens is 436 g/mol. The number of nitro groups is 1. The van der Waals surface area contributed by atoms with Crippen LogP contribution in [0.1, 0.15) is 12.0 Å². The van der Waals surface area contributed by atoms with E-state index in [2.05, 4.69) is 0 Å². The highest BCUT2D eigenvalue weighted by Crippen LogP contribution is 2.45. The normalized spacial score (nSPS) is 18.9. The number of nitrogens with zero attached hydrogens (tertiary/aromatic N) is 4. The van der Waals surface area contributed by atoms with E-state index < -0.39 is 16.9 Å². The molecule has 3 aromatic carbocycles. The molecule has 1 unspecified atom stereocenters. The zero-order chi connectivity index (χ0) is 23.6. The molecule has 9 heteroatoms. The molecule has 3 heterocycles. The number of nitro benzene ring substituents is 1. The number of benzene rings is 3. The van der Waals surface area contributed by atoms with E-state index in [0.29, 0.717) is 35.1 Å². The molecule has 9 nitrogen and oxygen atoms in total. The van der Waals surface area contributed by atoms with E-state index in [9.17, 15) is 24.5 Å². The maximum atomic E-state index is 13.5. The minimum Gasteiger partial charge on any atom is -0.311 e. The van der Waals surface area contributed by atoms with Crippen molar-refractivity contribution in [2.24, 2.45) is 0 Å². The molecule has 4 amide bonds. The lowest BCUT2D eigenvalue weighted by molar-refractivity contribution is -0.383. The van der Waals surface area contributed by atoms with Crippen LogP contribution in [0.2, 0.25) is 0 Å². The van der Waals surface area contributed by atoms with Crippen molar-refractivity contribution in [1.82, 2.24) is 9.80 Å². The summed E-state index contributed by atoms with van der Waals surface area (Å²) in [6, 6.07) is 18.0. The predicted octanol–water partition coefficient (Wildman–Crippen LogP) is 3.59. The molecule has 2 bridgehead atoms. The number of amides is 4. The first-order valence-electron chi connectivity index (χ1n) is 10.9. The zero-order valence-corrected chi connectivity index (χ0v) is 17.9. The van der Waals surface area contributed by atoms with Crippen LogP contribution in [0, 0.1) is 10.1 Å². The van der Waals surface area contributed by atoms with E-state index in [-0.39, 0.29) is 29.8 Å². The van der Waals surface area contributed by atoms with Crippen LogP contribution in [-0.2, 0) is 16.0 Å². The van der Waals surface area contributed by atoms with Crippen LogP contribution in [-0.4, -0.2) is 45.2 Å². The molecule has 0 saturated carbocycles. The third-order valence-corrected chi connectivity index (χ3v) is 6.65. The highest BCUT2D eigenvalue weighted by molar-refractivity contribution is 6.30. The lowest BCUT2D eigenvalue weighted by atomic mass is 10.1. The summed E-state index contributed by atoms with van der Waals surface area (Å²) in [5, 5.41) is 12.3. The Morgan fingerprint density at radius 3 is 2.41 bits per heavy atom. The number of non-ortho nitro benzene ring substituents is 1. The average Bonchev–Trinajstić information content (AvgIpc) is 3.50. The van der Waals surface area contributed by atoms with Gasteiger partial charge in [0.1, 0.15) is 5.70 Å². The SMILES string of the molecule is O=C(Cc1ccccc1)N1CC2CC1=C1C(=O)N(c3ccc([N+](=O)[O-])c4ccccc34)C(=O)N12. The van der Waals surface area contributed by atoms with Gasteiger partial charge in [0.25, 0.3) is 11.6 Å². The van der Waals surface area contributed by atoms with Crippen molar-refractivity contribution in [3.8, 4) is 0 Å². The van der Waals surface area contributed by atoms with Crippen LogP contribution in [0.15, 0.2) is 78.1 Å². The summed E-state index contributed by atoms with van der Waals surface area (Å²) >= 11 is 0. The Balaban J connectivity index is 1.39. The summed E-state index contributed by atoms with van der Waals surface area (Å²) in [7, 11) is 0. The van der Waals surface area contributed by atoms with Crippen LogP contribution in [0.4, 0.5) is 16.2 Å². The molecule has 0 N–H and O–H groups in total. The average molecular weight is 454 g/mol. The van der Waals surface area contributed by atoms with Crippen molar-refractivity contribution in [3.63, 3.8) is 0 Å². The number of urea groups is 1. The standard InChI is InChI=1S/C25H18N4O5/c30-22(12-15-6-2-1-3-7-15)26-14-16-13-21(26)23-24(31)28(25(32)27(16)23)19-10-11-20(29(33)34)18-9-5-4-8-17(18)19/h1-11,16H,12-14H2. The van der Waals surface area contributed by atoms with Gasteiger partial charge < -0.3 is 4.90 Å². The Morgan fingerprint density at radius 2 is 1.68 bits per heavy atom. The Bertz CT molecular complexity index is 1450. The minimum atomic E-state index is -0.515. The van der Waals surface area contributed by atoms with Gasteiger partial charge in [0.15, 0.2) is 0 Å². The number of hydrogen-bond acceptors (Lipinski definition) is 5. The maximum Gasteiger partial charge on any atom is 0.336 e. The number of rotatable bonds is 4. The van der Waals surface area contributed by atoms with Gasteiger partial charge in [-0.2, -0.15) is 0 Å². The predicted molar refractivity (Wildman–Crippen MR) is 123 cm³/mol. The van der Waals surface area contributed by atoms with E-state index in [1.54, 1.807) is 29.2 Å². The third-order valence-electron chi connectivity index (χ3n) is 6.65. The van der Waals surface area contributed by atoms with Gasteiger partial charge in [0.05, 0.1) is 34.2 Å². The van der Waals surface area contributed by atoms with Gasteiger partial charge >= 0.3 is 6.03 Å². The highest BCUT2D eigenvalue weighted by atomic mass is 16.6. The van der Waals surface area contributed by atoms with Gasteiger partial charge in [-0.3, -0.25) is 24.6 Å². The van der Waals surface area contributed by atoms with E-state index in [0.717, 1.165) is 10.5 Å². The molecule has 0 spiro atoms. The summed E-state index contributed by atoms with van der Waals surface area (Å²) in [5.74, 6) is -0.631. The van der Waals surface area contributed by atoms with Crippen LogP contribution < -0.4 is 4.90 Å². The second-order valence-corrected chi connectivity index (χ2v) is 8.52. The Hall–Kier alpha value is -4.53. The largest absolute Gasteiger partial charge is 0.336 e. The van der Waals surface area contributed by atoms with Crippen LogP contribution in [0.25, 0.3) is 10.8 Å². The molecule has 6 rings (SSSR count). The van der Waals surface area contributed by atoms with Gasteiger partial charge in [-0.15, -0.1) is 0 Å². The maximum absolute atomic E-state index is 13.5. The lowest BCUT2D eigenvalue weighted by Gasteiger charge is -2.27. The van der Waals surface area contributed by atoms with Gasteiger partial charge in [-0.25, -0.2) is 9.69 Å². The Labute approximate surface area is 193 Å². The first kappa shape index (κ1) is 20.1. The number of carbonyl (C=O) groups is 3. The Morgan fingerprint density at radius 1 is 0.971 bits per heavy atom. The smallest absolute Gasteiger partial charge is 0.311 e. The summed E-state index contributed by atoms with van der Waals surface area (Å²) in [4.78, 5) is 55.0. The molecule has 2 saturated heterocycles. The van der Waals surface area contributed by atoms with Gasteiger partial charge in [0, 0.05) is 24.4 Å². The molecule has 34 heavy (non-hydrogen) atoms. The molecule has 0 aromatic heterocycles. The van der Waals surface area contributed by atoms with Crippen LogP contribution in [0.5, 0.6) is 0 Å². The summed E-state index contributed by atoms with van der Waals surface area (Å²) in [6.45, 7) is 0.346. The minimum absolute atomic E-state index is 0.0984. The van der Waals surface area contributed by atoms with Crippen LogP contribution in [0.3, 0.4) is 0 Å². The van der Waals surface area contributed by atoms with Crippen molar-refractivity contribution >= 4 is 40.0 Å². The molecule has 3 aromatic rings. The van der Waals surface area contributed by atoms with Crippen molar-refractivity contribution in [1.29, 1.82) is 0 Å². The Kier molecular flexibility index (Phi) is 4.28. The summed E-state index contributed by atoms with van der Waals surface area (Å²) in [6.07, 6.45) is 0.672. The van der Waals surface area contributed by atoms with Crippen molar-refractivity contribution in [2.45, 2.75) is 18.9 Å². The molecule has 168 valence electrons. The molecule has 2 fully saturated rings. The third kappa shape index (κ3) is 2.76. The number of likely N-dealkylation sites (tertiary alicyclic amines) is 1. The van der Waals surface area contributed by atoms with E-state index in [4.69, 9.17) is 0 Å². The topological polar surface area (TPSA) is 104 Å². The second-order valence-electron chi connectivity index (χ2n) is 8.52. The van der Waals surface area contributed by atoms with Crippen molar-refractivity contribution < 1.29 is 19.3 Å². The number of anilines is 1. The number of fused-ring (bicyclic) bond motifs is 5. The number of hydrogen-bond donors (Lipinski definition) is 0. The number of carbonyl (C=O) groups excluding carboxylic acids is 3. The summed E-state index contributed by atoms with van der Waals surface area (Å²) < 4.78 is 0. The second kappa shape index (κ2) is 7.24. The zero-order valence-electron chi connectivity index (χ0n) is 17.9. The molecule has 0 radical (unpaired) electrons. The fourth-order valence-electron chi connectivity index (χ4n) is 5.17. The van der Waals surface area contributed by atoms with E-state index >= 15 is 0 Å². The van der Waals surface area contributed by atoms with E-state index in [1.165, 1.54) is 17.0 Å². The first-order valence-corrected chi connectivity index (χ1v) is 10.9. The van der Waals surface area contributed by atoms with Crippen molar-refractivity contribution in [2.75, 3.05) is 11.4 Å². The molecular formula is C25H18N4O5. The van der Waals surface area contributed by atoms with Gasteiger partial charge in [0.2, 0.25) is 5.91 Å². The van der Waals surface area contributed by atoms with Crippen LogP contribution >= 0.6 is 0 Å². The fraction of sp³-hybridized carbons (Fsp3) is 0.160. The summed E-state index contributed by atoms with van der Waals surface area (Å²) in [5.41, 5.74) is 1.87. The molecule has 1 atom stereocenters. The molecule has 0 aliphatic carbocycles. The van der Waals surface area contributed by atoms with E-state index in [1.807, 2.05) is 30.3 Å². The fourth-order valence-corrected chi connectivity index (χ4v) is 5.17. The lowest BCUT2D eigenvalue weighted by Crippen LogP contribution is -2.43.